The first-order chi connectivity index (χ1) is 13.5. The van der Waals surface area contributed by atoms with Crippen molar-refractivity contribution < 1.29 is 9.18 Å². The molecule has 1 aromatic heterocycles. The van der Waals surface area contributed by atoms with Gasteiger partial charge in [-0.05, 0) is 86.7 Å². The number of aryl methyl sites for hydroxylation is 3. The molecule has 0 saturated heterocycles. The van der Waals surface area contributed by atoms with Crippen molar-refractivity contribution in [2.75, 3.05) is 5.32 Å². The maximum atomic E-state index is 13.2. The van der Waals surface area contributed by atoms with Crippen LogP contribution in [0.4, 0.5) is 10.1 Å². The first-order valence-electron chi connectivity index (χ1n) is 9.44. The molecule has 1 amide bonds. The smallest absolute Gasteiger partial charge is 0.248 e. The molecule has 0 bridgehead atoms. The summed E-state index contributed by atoms with van der Waals surface area (Å²) in [6, 6.07) is 12.3. The van der Waals surface area contributed by atoms with E-state index in [4.69, 9.17) is 0 Å². The van der Waals surface area contributed by atoms with Crippen molar-refractivity contribution in [2.24, 2.45) is 0 Å². The Morgan fingerprint density at radius 1 is 1.11 bits per heavy atom. The molecule has 1 aliphatic rings. The first kappa shape index (κ1) is 18.2. The molecule has 28 heavy (non-hydrogen) atoms. The van der Waals surface area contributed by atoms with Crippen LogP contribution in [0.5, 0.6) is 0 Å². The number of nitrogens with one attached hydrogen (secondary N) is 1. The van der Waals surface area contributed by atoms with E-state index in [0.717, 1.165) is 41.2 Å². The van der Waals surface area contributed by atoms with Crippen molar-refractivity contribution in [3.63, 3.8) is 0 Å². The molecule has 1 N–H and O–H groups in total. The molecule has 4 nitrogen and oxygen atoms in total. The summed E-state index contributed by atoms with van der Waals surface area (Å²) in [6.07, 6.45) is 6.69. The van der Waals surface area contributed by atoms with Crippen LogP contribution >= 0.6 is 0 Å². The molecular formula is C23H22FN3O. The van der Waals surface area contributed by atoms with Gasteiger partial charge in [-0.1, -0.05) is 6.07 Å². The fourth-order valence-electron chi connectivity index (χ4n) is 3.72. The van der Waals surface area contributed by atoms with Gasteiger partial charge < -0.3 is 5.32 Å². The average Bonchev–Trinajstić information content (AvgIpc) is 3.25. The first-order valence-corrected chi connectivity index (χ1v) is 9.44. The van der Waals surface area contributed by atoms with Crippen LogP contribution < -0.4 is 5.32 Å². The lowest BCUT2D eigenvalue weighted by molar-refractivity contribution is -0.111. The molecule has 0 spiro atoms. The van der Waals surface area contributed by atoms with Crippen LogP contribution in [0.1, 0.15) is 34.5 Å². The van der Waals surface area contributed by atoms with Crippen molar-refractivity contribution in [1.82, 2.24) is 9.78 Å². The number of carbonyl (C=O) groups is 1. The van der Waals surface area contributed by atoms with Crippen molar-refractivity contribution in [1.29, 1.82) is 0 Å². The fourth-order valence-corrected chi connectivity index (χ4v) is 3.72. The third-order valence-corrected chi connectivity index (χ3v) is 5.19. The van der Waals surface area contributed by atoms with E-state index in [-0.39, 0.29) is 11.7 Å². The number of nitrogens with zero attached hydrogens (tertiary/aromatic N) is 2. The highest BCUT2D eigenvalue weighted by atomic mass is 19.1. The topological polar surface area (TPSA) is 46.9 Å². The minimum Gasteiger partial charge on any atom is -0.323 e. The second-order valence-corrected chi connectivity index (χ2v) is 7.13. The number of benzene rings is 2. The number of carbonyl (C=O) groups excluding carboxylic acids is 1. The third kappa shape index (κ3) is 3.60. The molecule has 1 aliphatic carbocycles. The van der Waals surface area contributed by atoms with Crippen molar-refractivity contribution in [3.8, 4) is 5.69 Å². The van der Waals surface area contributed by atoms with Gasteiger partial charge in [-0.2, -0.15) is 5.10 Å². The van der Waals surface area contributed by atoms with Gasteiger partial charge in [0.25, 0.3) is 0 Å². The van der Waals surface area contributed by atoms with E-state index in [1.54, 1.807) is 22.9 Å². The minimum absolute atomic E-state index is 0.175. The molecule has 142 valence electrons. The SMILES string of the molecule is Cc1nn(-c2ccc(F)cc2)c(C)c1/C=C/C(=O)Nc1ccc2c(c1)CCC2. The molecule has 5 heteroatoms. The number of hydrogen-bond donors (Lipinski definition) is 1. The zero-order valence-corrected chi connectivity index (χ0v) is 16.0. The van der Waals surface area contributed by atoms with Crippen LogP contribution in [0.3, 0.4) is 0 Å². The summed E-state index contributed by atoms with van der Waals surface area (Å²) >= 11 is 0. The average molecular weight is 375 g/mol. The summed E-state index contributed by atoms with van der Waals surface area (Å²) in [5.74, 6) is -0.458. The molecule has 0 unspecified atom stereocenters. The van der Waals surface area contributed by atoms with Gasteiger partial charge in [-0.3, -0.25) is 4.79 Å². The number of halogens is 1. The van der Waals surface area contributed by atoms with Crippen LogP contribution in [0.25, 0.3) is 11.8 Å². The van der Waals surface area contributed by atoms with Crippen LogP contribution in [0.2, 0.25) is 0 Å². The summed E-state index contributed by atoms with van der Waals surface area (Å²) < 4.78 is 14.9. The maximum absolute atomic E-state index is 13.2. The molecule has 2 aromatic carbocycles. The highest BCUT2D eigenvalue weighted by Gasteiger charge is 2.13. The molecule has 0 radical (unpaired) electrons. The van der Waals surface area contributed by atoms with Crippen LogP contribution in [0, 0.1) is 19.7 Å². The van der Waals surface area contributed by atoms with Crippen molar-refractivity contribution in [3.05, 3.63) is 82.4 Å². The number of rotatable bonds is 4. The predicted molar refractivity (Wildman–Crippen MR) is 109 cm³/mol. The predicted octanol–water partition coefficient (Wildman–Crippen LogP) is 4.77. The van der Waals surface area contributed by atoms with E-state index in [9.17, 15) is 9.18 Å². The van der Waals surface area contributed by atoms with Gasteiger partial charge in [0.2, 0.25) is 5.91 Å². The standard InChI is InChI=1S/C23H22FN3O/c1-15-22(16(2)27(26-15)21-10-7-19(24)8-11-21)12-13-23(28)25-20-9-6-17-4-3-5-18(17)14-20/h6-14H,3-5H2,1-2H3,(H,25,28)/b13-12+. The zero-order chi connectivity index (χ0) is 19.7. The van der Waals surface area contributed by atoms with E-state index >= 15 is 0 Å². The Balaban J connectivity index is 1.51. The monoisotopic (exact) mass is 375 g/mol. The molecule has 3 aromatic rings. The normalized spacial score (nSPS) is 13.1. The molecule has 0 fully saturated rings. The lowest BCUT2D eigenvalue weighted by Crippen LogP contribution is -2.08. The van der Waals surface area contributed by atoms with E-state index in [1.165, 1.54) is 35.8 Å². The minimum atomic E-state index is -0.284. The van der Waals surface area contributed by atoms with Gasteiger partial charge >= 0.3 is 0 Å². The van der Waals surface area contributed by atoms with Gasteiger partial charge in [0.15, 0.2) is 0 Å². The van der Waals surface area contributed by atoms with E-state index in [0.29, 0.717) is 0 Å². The van der Waals surface area contributed by atoms with Crippen LogP contribution in [-0.2, 0) is 17.6 Å². The Bertz CT molecular complexity index is 1060. The third-order valence-electron chi connectivity index (χ3n) is 5.19. The summed E-state index contributed by atoms with van der Waals surface area (Å²) in [5.41, 5.74) is 6.90. The second kappa shape index (κ2) is 7.43. The zero-order valence-electron chi connectivity index (χ0n) is 16.0. The number of fused-ring (bicyclic) bond motifs is 1. The van der Waals surface area contributed by atoms with Gasteiger partial charge in [0.05, 0.1) is 11.4 Å². The largest absolute Gasteiger partial charge is 0.323 e. The van der Waals surface area contributed by atoms with Crippen molar-refractivity contribution >= 4 is 17.7 Å². The quantitative estimate of drug-likeness (QED) is 0.668. The number of hydrogen-bond acceptors (Lipinski definition) is 2. The highest BCUT2D eigenvalue weighted by Crippen LogP contribution is 2.25. The second-order valence-electron chi connectivity index (χ2n) is 7.13. The summed E-state index contributed by atoms with van der Waals surface area (Å²) in [5, 5.41) is 7.45. The van der Waals surface area contributed by atoms with Crippen LogP contribution in [0.15, 0.2) is 48.5 Å². The Hall–Kier alpha value is -3.21. The molecule has 0 aliphatic heterocycles. The molecular weight excluding hydrogens is 353 g/mol. The van der Waals surface area contributed by atoms with E-state index < -0.39 is 0 Å². The molecule has 1 heterocycles. The summed E-state index contributed by atoms with van der Waals surface area (Å²) in [6.45, 7) is 3.83. The van der Waals surface area contributed by atoms with E-state index in [1.807, 2.05) is 19.9 Å². The highest BCUT2D eigenvalue weighted by molar-refractivity contribution is 6.02. The Morgan fingerprint density at radius 3 is 2.64 bits per heavy atom. The molecule has 0 atom stereocenters. The van der Waals surface area contributed by atoms with Crippen molar-refractivity contribution in [2.45, 2.75) is 33.1 Å². The molecule has 4 rings (SSSR count). The number of anilines is 1. The van der Waals surface area contributed by atoms with Gasteiger partial charge in [-0.15, -0.1) is 0 Å². The van der Waals surface area contributed by atoms with Gasteiger partial charge in [-0.25, -0.2) is 9.07 Å². The summed E-state index contributed by atoms with van der Waals surface area (Å²) in [7, 11) is 0. The molecule has 0 saturated carbocycles. The maximum Gasteiger partial charge on any atom is 0.248 e. The Kier molecular flexibility index (Phi) is 4.82. The number of amides is 1. The lowest BCUT2D eigenvalue weighted by atomic mass is 10.1. The van der Waals surface area contributed by atoms with E-state index in [2.05, 4.69) is 22.5 Å². The Morgan fingerprint density at radius 2 is 1.86 bits per heavy atom. The van der Waals surface area contributed by atoms with Gasteiger partial charge in [0, 0.05) is 23.0 Å². The number of aromatic nitrogens is 2. The summed E-state index contributed by atoms with van der Waals surface area (Å²) in [4.78, 5) is 12.4. The lowest BCUT2D eigenvalue weighted by Gasteiger charge is -2.05. The fraction of sp³-hybridized carbons (Fsp3) is 0.217. The van der Waals surface area contributed by atoms with Crippen LogP contribution in [-0.4, -0.2) is 15.7 Å². The Labute approximate surface area is 163 Å². The van der Waals surface area contributed by atoms with Gasteiger partial charge in [0.1, 0.15) is 5.82 Å².